The third-order valence-electron chi connectivity index (χ3n) is 3.08. The van der Waals surface area contributed by atoms with Crippen molar-refractivity contribution in [3.63, 3.8) is 0 Å². The first-order valence-corrected chi connectivity index (χ1v) is 7.16. The monoisotopic (exact) mass is 277 g/mol. The minimum absolute atomic E-state index is 0.0300. The Bertz CT molecular complexity index is 471. The number of anilines is 1. The van der Waals surface area contributed by atoms with Crippen molar-refractivity contribution in [2.24, 2.45) is 5.92 Å². The van der Waals surface area contributed by atoms with E-state index in [4.69, 9.17) is 4.74 Å². The van der Waals surface area contributed by atoms with Crippen molar-refractivity contribution in [3.05, 3.63) is 24.3 Å². The molecular weight excluding hydrogens is 254 g/mol. The maximum absolute atomic E-state index is 12.4. The lowest BCUT2D eigenvalue weighted by atomic mass is 10.1. The average molecular weight is 277 g/mol. The fourth-order valence-corrected chi connectivity index (χ4v) is 2.08. The van der Waals surface area contributed by atoms with Crippen LogP contribution in [-0.2, 0) is 9.59 Å². The van der Waals surface area contributed by atoms with Crippen LogP contribution in [0.4, 0.5) is 5.69 Å². The van der Waals surface area contributed by atoms with Crippen LogP contribution in [0.3, 0.4) is 0 Å². The van der Waals surface area contributed by atoms with Crippen LogP contribution in [0.25, 0.3) is 0 Å². The van der Waals surface area contributed by atoms with E-state index in [1.54, 1.807) is 4.90 Å². The molecule has 0 saturated heterocycles. The fourth-order valence-electron chi connectivity index (χ4n) is 2.08. The van der Waals surface area contributed by atoms with Crippen LogP contribution in [0.15, 0.2) is 24.3 Å². The summed E-state index contributed by atoms with van der Waals surface area (Å²) < 4.78 is 5.66. The molecule has 110 valence electrons. The summed E-state index contributed by atoms with van der Waals surface area (Å²) in [5, 5.41) is 0. The second-order valence-electron chi connectivity index (χ2n) is 4.51. The molecule has 0 spiro atoms. The molecule has 4 heteroatoms. The molecule has 0 bridgehead atoms. The van der Waals surface area contributed by atoms with Gasteiger partial charge >= 0.3 is 0 Å². The summed E-state index contributed by atoms with van der Waals surface area (Å²) in [4.78, 5) is 25.2. The molecule has 1 aliphatic heterocycles. The second-order valence-corrected chi connectivity index (χ2v) is 4.51. The zero-order valence-corrected chi connectivity index (χ0v) is 12.7. The number of nitrogens with zero attached hydrogens (tertiary/aromatic N) is 1. The molecule has 1 aromatic rings. The zero-order valence-electron chi connectivity index (χ0n) is 12.7. The van der Waals surface area contributed by atoms with Crippen LogP contribution >= 0.6 is 0 Å². The summed E-state index contributed by atoms with van der Waals surface area (Å²) in [5.41, 5.74) is 0.689. The Hall–Kier alpha value is -1.84. The van der Waals surface area contributed by atoms with Gasteiger partial charge in [-0.2, -0.15) is 0 Å². The van der Waals surface area contributed by atoms with Crippen LogP contribution in [-0.4, -0.2) is 24.8 Å². The van der Waals surface area contributed by atoms with Crippen molar-refractivity contribution < 1.29 is 14.3 Å². The highest BCUT2D eigenvalue weighted by Gasteiger charge is 2.30. The second kappa shape index (κ2) is 7.68. The van der Waals surface area contributed by atoms with Gasteiger partial charge in [0.2, 0.25) is 5.91 Å². The Morgan fingerprint density at radius 2 is 2.00 bits per heavy atom. The smallest absolute Gasteiger partial charge is 0.234 e. The van der Waals surface area contributed by atoms with Gasteiger partial charge in [-0.25, -0.2) is 0 Å². The SMILES string of the molecule is CC.CCC1COc2ccccc2N(CC(C)=O)C1=O. The van der Waals surface area contributed by atoms with Crippen LogP contribution in [0.2, 0.25) is 0 Å². The molecule has 1 heterocycles. The number of carbonyl (C=O) groups is 2. The van der Waals surface area contributed by atoms with Crippen molar-refractivity contribution in [2.75, 3.05) is 18.1 Å². The number of ether oxygens (including phenoxy) is 1. The average Bonchev–Trinajstić information content (AvgIpc) is 2.59. The largest absolute Gasteiger partial charge is 0.491 e. The van der Waals surface area contributed by atoms with Crippen LogP contribution in [0, 0.1) is 5.92 Å². The van der Waals surface area contributed by atoms with Crippen molar-refractivity contribution in [2.45, 2.75) is 34.1 Å². The third-order valence-corrected chi connectivity index (χ3v) is 3.08. The topological polar surface area (TPSA) is 46.6 Å². The fraction of sp³-hybridized carbons (Fsp3) is 0.500. The highest BCUT2D eigenvalue weighted by atomic mass is 16.5. The number of para-hydroxylation sites is 2. The number of ketones is 1. The summed E-state index contributed by atoms with van der Waals surface area (Å²) in [5.74, 6) is 0.423. The number of carbonyl (C=O) groups excluding carboxylic acids is 2. The first-order valence-electron chi connectivity index (χ1n) is 7.16. The quantitative estimate of drug-likeness (QED) is 0.853. The summed E-state index contributed by atoms with van der Waals surface area (Å²) in [6.45, 7) is 7.92. The lowest BCUT2D eigenvalue weighted by Gasteiger charge is -2.22. The number of Topliss-reactive ketones (excluding diaryl/α,β-unsaturated/α-hetero) is 1. The van der Waals surface area contributed by atoms with Crippen molar-refractivity contribution in [1.82, 2.24) is 0 Å². The van der Waals surface area contributed by atoms with E-state index in [-0.39, 0.29) is 24.2 Å². The van der Waals surface area contributed by atoms with E-state index in [1.807, 2.05) is 45.0 Å². The van der Waals surface area contributed by atoms with Crippen LogP contribution < -0.4 is 9.64 Å². The van der Waals surface area contributed by atoms with Gasteiger partial charge < -0.3 is 9.64 Å². The molecular formula is C16H23NO3. The molecule has 1 aliphatic rings. The predicted octanol–water partition coefficient (Wildman–Crippen LogP) is 3.05. The van der Waals surface area contributed by atoms with Gasteiger partial charge in [-0.1, -0.05) is 32.9 Å². The summed E-state index contributed by atoms with van der Waals surface area (Å²) in [6, 6.07) is 7.35. The van der Waals surface area contributed by atoms with Gasteiger partial charge in [0, 0.05) is 0 Å². The standard InChI is InChI=1S/C14H17NO3.C2H6/c1-3-11-9-18-13-7-5-4-6-12(13)15(14(11)17)8-10(2)16;1-2/h4-7,11H,3,8-9H2,1-2H3;1-2H3. The van der Waals surface area contributed by atoms with Gasteiger partial charge in [0.15, 0.2) is 0 Å². The Labute approximate surface area is 120 Å². The normalized spacial score (nSPS) is 17.3. The zero-order chi connectivity index (χ0) is 15.1. The van der Waals surface area contributed by atoms with E-state index in [9.17, 15) is 9.59 Å². The number of amides is 1. The van der Waals surface area contributed by atoms with Crippen molar-refractivity contribution >= 4 is 17.4 Å². The highest BCUT2D eigenvalue weighted by molar-refractivity contribution is 6.01. The Balaban J connectivity index is 0.000000956. The molecule has 2 rings (SSSR count). The van der Waals surface area contributed by atoms with Crippen LogP contribution in [0.1, 0.15) is 34.1 Å². The first kappa shape index (κ1) is 16.2. The summed E-state index contributed by atoms with van der Waals surface area (Å²) in [7, 11) is 0. The summed E-state index contributed by atoms with van der Waals surface area (Å²) >= 11 is 0. The van der Waals surface area contributed by atoms with Gasteiger partial charge in [0.25, 0.3) is 0 Å². The molecule has 1 unspecified atom stereocenters. The van der Waals surface area contributed by atoms with E-state index in [0.717, 1.165) is 0 Å². The molecule has 0 aliphatic carbocycles. The van der Waals surface area contributed by atoms with Gasteiger partial charge in [0.1, 0.15) is 11.5 Å². The van der Waals surface area contributed by atoms with Gasteiger partial charge in [-0.3, -0.25) is 9.59 Å². The molecule has 0 saturated carbocycles. The predicted molar refractivity (Wildman–Crippen MR) is 80.1 cm³/mol. The molecule has 0 fully saturated rings. The number of hydrogen-bond acceptors (Lipinski definition) is 3. The first-order chi connectivity index (χ1) is 9.63. The van der Waals surface area contributed by atoms with E-state index in [0.29, 0.717) is 24.5 Å². The van der Waals surface area contributed by atoms with Crippen LogP contribution in [0.5, 0.6) is 5.75 Å². The Morgan fingerprint density at radius 3 is 2.60 bits per heavy atom. The molecule has 1 atom stereocenters. The Morgan fingerprint density at radius 1 is 1.35 bits per heavy atom. The lowest BCUT2D eigenvalue weighted by Crippen LogP contribution is -2.39. The molecule has 0 aromatic heterocycles. The van der Waals surface area contributed by atoms with E-state index >= 15 is 0 Å². The number of rotatable bonds is 3. The molecule has 1 amide bonds. The Kier molecular flexibility index (Phi) is 6.22. The van der Waals surface area contributed by atoms with E-state index in [2.05, 4.69) is 0 Å². The minimum atomic E-state index is -0.184. The van der Waals surface area contributed by atoms with Gasteiger partial charge in [-0.15, -0.1) is 0 Å². The summed E-state index contributed by atoms with van der Waals surface area (Å²) in [6.07, 6.45) is 0.710. The molecule has 0 N–H and O–H groups in total. The molecule has 0 radical (unpaired) electrons. The maximum Gasteiger partial charge on any atom is 0.234 e. The van der Waals surface area contributed by atoms with E-state index < -0.39 is 0 Å². The third kappa shape index (κ3) is 3.59. The number of benzene rings is 1. The minimum Gasteiger partial charge on any atom is -0.491 e. The van der Waals surface area contributed by atoms with Gasteiger partial charge in [0.05, 0.1) is 24.8 Å². The lowest BCUT2D eigenvalue weighted by molar-refractivity contribution is -0.125. The highest BCUT2D eigenvalue weighted by Crippen LogP contribution is 2.32. The van der Waals surface area contributed by atoms with Crippen molar-refractivity contribution in [1.29, 1.82) is 0 Å². The van der Waals surface area contributed by atoms with E-state index in [1.165, 1.54) is 6.92 Å². The molecule has 20 heavy (non-hydrogen) atoms. The maximum atomic E-state index is 12.4. The number of hydrogen-bond donors (Lipinski definition) is 0. The molecule has 1 aromatic carbocycles. The number of fused-ring (bicyclic) bond motifs is 1. The van der Waals surface area contributed by atoms with Crippen molar-refractivity contribution in [3.8, 4) is 5.75 Å². The molecule has 4 nitrogen and oxygen atoms in total. The van der Waals surface area contributed by atoms with Gasteiger partial charge in [-0.05, 0) is 25.5 Å².